The maximum Gasteiger partial charge on any atom is 0.0107 e. The molecule has 0 radical (unpaired) electrons. The Morgan fingerprint density at radius 1 is 1.12 bits per heavy atom. The van der Waals surface area contributed by atoms with Gasteiger partial charge in [0.25, 0.3) is 0 Å². The Morgan fingerprint density at radius 3 is 2.35 bits per heavy atom. The highest BCUT2D eigenvalue weighted by Crippen LogP contribution is 2.23. The molecule has 17 heavy (non-hydrogen) atoms. The maximum atomic E-state index is 3.61. The van der Waals surface area contributed by atoms with Gasteiger partial charge in [-0.15, -0.1) is 0 Å². The normalized spacial score (nSPS) is 21.5. The molecule has 1 aliphatic heterocycles. The molecule has 1 heteroatoms. The molecule has 1 N–H and O–H groups in total. The Kier molecular flexibility index (Phi) is 3.88. The minimum Gasteiger partial charge on any atom is -0.314 e. The fourth-order valence-electron chi connectivity index (χ4n) is 2.52. The average Bonchev–Trinajstić information content (AvgIpc) is 2.30. The zero-order valence-electron chi connectivity index (χ0n) is 11.4. The fourth-order valence-corrected chi connectivity index (χ4v) is 2.52. The summed E-state index contributed by atoms with van der Waals surface area (Å²) in [4.78, 5) is 0. The van der Waals surface area contributed by atoms with Gasteiger partial charge in [-0.1, -0.05) is 51.5 Å². The Hall–Kier alpha value is -0.820. The number of hydrogen-bond donors (Lipinski definition) is 1. The van der Waals surface area contributed by atoms with Crippen LogP contribution in [0.15, 0.2) is 24.3 Å². The first-order chi connectivity index (χ1) is 8.05. The Balaban J connectivity index is 1.98. The number of piperidine rings is 1. The number of rotatable bonds is 2. The zero-order valence-corrected chi connectivity index (χ0v) is 11.4. The molecule has 1 nitrogen and oxygen atoms in total. The van der Waals surface area contributed by atoms with Gasteiger partial charge in [-0.05, 0) is 42.3 Å². The van der Waals surface area contributed by atoms with Crippen molar-refractivity contribution in [1.82, 2.24) is 5.32 Å². The van der Waals surface area contributed by atoms with Crippen LogP contribution in [0.5, 0.6) is 0 Å². The molecule has 0 saturated carbocycles. The van der Waals surface area contributed by atoms with Crippen molar-refractivity contribution >= 4 is 0 Å². The second-order valence-electron chi connectivity index (χ2n) is 6.30. The topological polar surface area (TPSA) is 12.0 Å². The first-order valence-electron chi connectivity index (χ1n) is 6.88. The van der Waals surface area contributed by atoms with Gasteiger partial charge in [-0.3, -0.25) is 0 Å². The van der Waals surface area contributed by atoms with E-state index in [1.807, 2.05) is 0 Å². The first-order valence-corrected chi connectivity index (χ1v) is 6.88. The van der Waals surface area contributed by atoms with Crippen molar-refractivity contribution in [1.29, 1.82) is 0 Å². The van der Waals surface area contributed by atoms with E-state index >= 15 is 0 Å². The Bertz CT molecular complexity index is 339. The van der Waals surface area contributed by atoms with Gasteiger partial charge < -0.3 is 5.32 Å². The highest BCUT2D eigenvalue weighted by Gasteiger charge is 2.15. The molecule has 1 aromatic carbocycles. The predicted molar refractivity (Wildman–Crippen MR) is 74.5 cm³/mol. The molecule has 2 rings (SSSR count). The molecule has 0 aromatic heterocycles. The third kappa shape index (κ3) is 3.57. The lowest BCUT2D eigenvalue weighted by atomic mass is 9.86. The highest BCUT2D eigenvalue weighted by atomic mass is 14.9. The Labute approximate surface area is 106 Å². The monoisotopic (exact) mass is 231 g/mol. The fraction of sp³-hybridized carbons (Fsp3) is 0.625. The summed E-state index contributed by atoms with van der Waals surface area (Å²) >= 11 is 0. The predicted octanol–water partition coefficient (Wildman–Crippen LogP) is 3.67. The molecule has 1 aromatic rings. The summed E-state index contributed by atoms with van der Waals surface area (Å²) in [6, 6.07) is 9.88. The molecular formula is C16H25N. The van der Waals surface area contributed by atoms with Gasteiger partial charge in [0.1, 0.15) is 0 Å². The summed E-state index contributed by atoms with van der Waals surface area (Å²) in [5.41, 5.74) is 3.16. The number of nitrogens with one attached hydrogen (secondary N) is 1. The largest absolute Gasteiger partial charge is 0.314 e. The van der Waals surface area contributed by atoms with Gasteiger partial charge in [0, 0.05) is 6.04 Å². The zero-order chi connectivity index (χ0) is 12.3. The van der Waals surface area contributed by atoms with Gasteiger partial charge in [0.05, 0.1) is 0 Å². The molecule has 1 saturated heterocycles. The standard InChI is InChI=1S/C16H25N/c1-16(2,3)14-9-7-13(8-10-14)12-15-6-4-5-11-17-15/h7-10,15,17H,4-6,11-12H2,1-3H3. The molecule has 1 fully saturated rings. The average molecular weight is 231 g/mol. The SMILES string of the molecule is CC(C)(C)c1ccc(CC2CCCCN2)cc1. The van der Waals surface area contributed by atoms with Crippen molar-refractivity contribution < 1.29 is 0 Å². The quantitative estimate of drug-likeness (QED) is 0.819. The van der Waals surface area contributed by atoms with E-state index in [-0.39, 0.29) is 5.41 Å². The van der Waals surface area contributed by atoms with Gasteiger partial charge in [-0.2, -0.15) is 0 Å². The third-order valence-corrected chi connectivity index (χ3v) is 3.71. The van der Waals surface area contributed by atoms with Gasteiger partial charge in [-0.25, -0.2) is 0 Å². The second kappa shape index (κ2) is 5.22. The van der Waals surface area contributed by atoms with Crippen LogP contribution in [0.4, 0.5) is 0 Å². The molecule has 0 bridgehead atoms. The van der Waals surface area contributed by atoms with Crippen LogP contribution < -0.4 is 5.32 Å². The molecule has 94 valence electrons. The van der Waals surface area contributed by atoms with E-state index in [0.29, 0.717) is 6.04 Å². The van der Waals surface area contributed by atoms with Crippen LogP contribution in [0.3, 0.4) is 0 Å². The van der Waals surface area contributed by atoms with Crippen molar-refractivity contribution in [2.45, 2.75) is 57.9 Å². The minimum atomic E-state index is 0.265. The molecule has 0 spiro atoms. The van der Waals surface area contributed by atoms with Crippen LogP contribution in [-0.4, -0.2) is 12.6 Å². The van der Waals surface area contributed by atoms with Crippen molar-refractivity contribution in [3.8, 4) is 0 Å². The summed E-state index contributed by atoms with van der Waals surface area (Å²) in [6.45, 7) is 8.00. The number of hydrogen-bond acceptors (Lipinski definition) is 1. The van der Waals surface area contributed by atoms with Crippen molar-refractivity contribution in [3.63, 3.8) is 0 Å². The van der Waals surface area contributed by atoms with Crippen molar-refractivity contribution in [2.75, 3.05) is 6.54 Å². The second-order valence-corrected chi connectivity index (χ2v) is 6.30. The van der Waals surface area contributed by atoms with E-state index in [1.165, 1.54) is 43.4 Å². The summed E-state index contributed by atoms with van der Waals surface area (Å²) in [6.07, 6.45) is 5.25. The smallest absolute Gasteiger partial charge is 0.0107 e. The van der Waals surface area contributed by atoms with Crippen LogP contribution in [0.1, 0.15) is 51.2 Å². The summed E-state index contributed by atoms with van der Waals surface area (Å²) < 4.78 is 0. The van der Waals surface area contributed by atoms with Crippen LogP contribution in [0.25, 0.3) is 0 Å². The highest BCUT2D eigenvalue weighted by molar-refractivity contribution is 5.28. The molecule has 1 atom stereocenters. The van der Waals surface area contributed by atoms with Crippen LogP contribution >= 0.6 is 0 Å². The molecule has 1 unspecified atom stereocenters. The van der Waals surface area contributed by atoms with E-state index in [2.05, 4.69) is 50.4 Å². The Morgan fingerprint density at radius 2 is 1.82 bits per heavy atom. The van der Waals surface area contributed by atoms with Crippen molar-refractivity contribution in [3.05, 3.63) is 35.4 Å². The van der Waals surface area contributed by atoms with Gasteiger partial charge in [0.15, 0.2) is 0 Å². The lowest BCUT2D eigenvalue weighted by Gasteiger charge is -2.24. The molecular weight excluding hydrogens is 206 g/mol. The van der Waals surface area contributed by atoms with Crippen molar-refractivity contribution in [2.24, 2.45) is 0 Å². The maximum absolute atomic E-state index is 3.61. The minimum absolute atomic E-state index is 0.265. The van der Waals surface area contributed by atoms with E-state index in [9.17, 15) is 0 Å². The van der Waals surface area contributed by atoms with E-state index in [1.54, 1.807) is 0 Å². The van der Waals surface area contributed by atoms with Crippen LogP contribution in [0, 0.1) is 0 Å². The molecule has 1 aliphatic rings. The van der Waals surface area contributed by atoms with E-state index < -0.39 is 0 Å². The van der Waals surface area contributed by atoms with Gasteiger partial charge in [0.2, 0.25) is 0 Å². The van der Waals surface area contributed by atoms with Crippen LogP contribution in [-0.2, 0) is 11.8 Å². The number of benzene rings is 1. The molecule has 0 aliphatic carbocycles. The van der Waals surface area contributed by atoms with Crippen LogP contribution in [0.2, 0.25) is 0 Å². The summed E-state index contributed by atoms with van der Waals surface area (Å²) in [7, 11) is 0. The molecule has 1 heterocycles. The lowest BCUT2D eigenvalue weighted by molar-refractivity contribution is 0.399. The van der Waals surface area contributed by atoms with Gasteiger partial charge >= 0.3 is 0 Å². The van der Waals surface area contributed by atoms with E-state index in [0.717, 1.165) is 0 Å². The van der Waals surface area contributed by atoms with E-state index in [4.69, 9.17) is 0 Å². The summed E-state index contributed by atoms with van der Waals surface area (Å²) in [5.74, 6) is 0. The lowest BCUT2D eigenvalue weighted by Crippen LogP contribution is -2.35. The summed E-state index contributed by atoms with van der Waals surface area (Å²) in [5, 5.41) is 3.61. The first kappa shape index (κ1) is 12.6. The third-order valence-electron chi connectivity index (χ3n) is 3.71. The molecule has 0 amide bonds.